The molecule has 0 heterocycles. The van der Waals surface area contributed by atoms with Crippen molar-refractivity contribution < 1.29 is 49.1 Å². The van der Waals surface area contributed by atoms with Gasteiger partial charge in [-0.3, -0.25) is 9.59 Å². The topological polar surface area (TPSA) is 34.1 Å². The lowest BCUT2D eigenvalue weighted by atomic mass is 9.79. The second kappa shape index (κ2) is 5.58. The summed E-state index contributed by atoms with van der Waals surface area (Å²) >= 11 is 0. The highest BCUT2D eigenvalue weighted by Crippen LogP contribution is 2.56. The van der Waals surface area contributed by atoms with Gasteiger partial charge in [0.1, 0.15) is 0 Å². The summed E-state index contributed by atoms with van der Waals surface area (Å²) in [4.78, 5) is 24.1. The van der Waals surface area contributed by atoms with Crippen LogP contribution in [0.2, 0.25) is 0 Å². The van der Waals surface area contributed by atoms with Crippen LogP contribution in [0.25, 0.3) is 0 Å². The van der Waals surface area contributed by atoms with Gasteiger partial charge in [0.25, 0.3) is 0 Å². The van der Waals surface area contributed by atoms with Crippen molar-refractivity contribution in [1.82, 2.24) is 0 Å². The van der Waals surface area contributed by atoms with Crippen molar-refractivity contribution in [3.05, 3.63) is 46.5 Å². The number of alkyl halides is 9. The maximum absolute atomic E-state index is 14.1. The standard InChI is InChI=1S/C15H7F9O2/c1-6-9(11(26)8-5-3-2-4-7(8)10(6)25)12(16,17)13(18,19)14(20,21)15(22,23)24/h2-5H,1H3. The first-order chi connectivity index (χ1) is 11.6. The van der Waals surface area contributed by atoms with E-state index in [1.807, 2.05) is 0 Å². The van der Waals surface area contributed by atoms with Crippen molar-refractivity contribution in [3.8, 4) is 0 Å². The van der Waals surface area contributed by atoms with Gasteiger partial charge in [0.2, 0.25) is 0 Å². The van der Waals surface area contributed by atoms with Crippen LogP contribution in [0.15, 0.2) is 35.4 Å². The van der Waals surface area contributed by atoms with E-state index < -0.39 is 57.8 Å². The lowest BCUT2D eigenvalue weighted by Gasteiger charge is -2.35. The number of hydrogen-bond donors (Lipinski definition) is 0. The largest absolute Gasteiger partial charge is 0.460 e. The van der Waals surface area contributed by atoms with E-state index in [-0.39, 0.29) is 0 Å². The Morgan fingerprint density at radius 1 is 0.692 bits per heavy atom. The van der Waals surface area contributed by atoms with Crippen LogP contribution >= 0.6 is 0 Å². The molecule has 0 atom stereocenters. The average Bonchev–Trinajstić information content (AvgIpc) is 2.51. The fourth-order valence-corrected chi connectivity index (χ4v) is 2.41. The Morgan fingerprint density at radius 2 is 1.12 bits per heavy atom. The second-order valence-corrected chi connectivity index (χ2v) is 5.42. The number of benzene rings is 1. The number of ketones is 2. The molecule has 11 heteroatoms. The van der Waals surface area contributed by atoms with E-state index in [0.29, 0.717) is 6.92 Å². The number of fused-ring (bicyclic) bond motifs is 1. The van der Waals surface area contributed by atoms with Crippen LogP contribution in [-0.4, -0.2) is 35.5 Å². The Bertz CT molecular complexity index is 819. The second-order valence-electron chi connectivity index (χ2n) is 5.42. The third kappa shape index (κ3) is 2.43. The van der Waals surface area contributed by atoms with Gasteiger partial charge in [-0.2, -0.15) is 39.5 Å². The molecule has 0 aliphatic heterocycles. The molecule has 1 aliphatic rings. The summed E-state index contributed by atoms with van der Waals surface area (Å²) < 4.78 is 118. The molecule has 0 amide bonds. The van der Waals surface area contributed by atoms with E-state index in [2.05, 4.69) is 0 Å². The molecule has 2 nitrogen and oxygen atoms in total. The monoisotopic (exact) mass is 390 g/mol. The molecule has 1 aliphatic carbocycles. The van der Waals surface area contributed by atoms with Gasteiger partial charge in [0.05, 0.1) is 5.57 Å². The van der Waals surface area contributed by atoms with Gasteiger partial charge in [-0.15, -0.1) is 0 Å². The highest BCUT2D eigenvalue weighted by molar-refractivity contribution is 6.27. The molecular weight excluding hydrogens is 383 g/mol. The highest BCUT2D eigenvalue weighted by Gasteiger charge is 2.83. The molecule has 1 aromatic carbocycles. The Kier molecular flexibility index (Phi) is 4.29. The fraction of sp³-hybridized carbons (Fsp3) is 0.333. The van der Waals surface area contributed by atoms with E-state index in [9.17, 15) is 49.1 Å². The van der Waals surface area contributed by atoms with Crippen LogP contribution in [0.5, 0.6) is 0 Å². The van der Waals surface area contributed by atoms with Crippen molar-refractivity contribution in [2.24, 2.45) is 0 Å². The molecule has 0 fully saturated rings. The van der Waals surface area contributed by atoms with Crippen LogP contribution in [-0.2, 0) is 0 Å². The molecule has 0 N–H and O–H groups in total. The average molecular weight is 390 g/mol. The van der Waals surface area contributed by atoms with Gasteiger partial charge in [0.15, 0.2) is 11.6 Å². The lowest BCUT2D eigenvalue weighted by Crippen LogP contribution is -2.62. The van der Waals surface area contributed by atoms with E-state index in [4.69, 9.17) is 0 Å². The first-order valence-electron chi connectivity index (χ1n) is 6.69. The molecule has 142 valence electrons. The lowest BCUT2D eigenvalue weighted by molar-refractivity contribution is -0.389. The smallest absolute Gasteiger partial charge is 0.289 e. The number of carbonyl (C=O) groups is 2. The van der Waals surface area contributed by atoms with Crippen molar-refractivity contribution in [1.29, 1.82) is 0 Å². The molecule has 0 saturated carbocycles. The number of rotatable bonds is 3. The number of hydrogen-bond acceptors (Lipinski definition) is 2. The third-order valence-corrected chi connectivity index (χ3v) is 3.82. The van der Waals surface area contributed by atoms with E-state index in [1.54, 1.807) is 0 Å². The molecule has 26 heavy (non-hydrogen) atoms. The van der Waals surface area contributed by atoms with Crippen LogP contribution < -0.4 is 0 Å². The quantitative estimate of drug-likeness (QED) is 0.692. The molecule has 1 aromatic rings. The molecular formula is C15H7F9O2. The Morgan fingerprint density at radius 3 is 1.54 bits per heavy atom. The van der Waals surface area contributed by atoms with E-state index >= 15 is 0 Å². The number of carbonyl (C=O) groups excluding carboxylic acids is 2. The van der Waals surface area contributed by atoms with Gasteiger partial charge in [-0.05, 0) is 6.92 Å². The van der Waals surface area contributed by atoms with Gasteiger partial charge >= 0.3 is 23.9 Å². The van der Waals surface area contributed by atoms with Crippen molar-refractivity contribution >= 4 is 11.6 Å². The van der Waals surface area contributed by atoms with Gasteiger partial charge < -0.3 is 0 Å². The number of Topliss-reactive ketones (excluding diaryl/α,β-unsaturated/α-hetero) is 2. The zero-order valence-corrected chi connectivity index (χ0v) is 12.5. The summed E-state index contributed by atoms with van der Waals surface area (Å²) in [5, 5.41) is 0. The van der Waals surface area contributed by atoms with Gasteiger partial charge in [0, 0.05) is 16.7 Å². The Labute approximate surface area is 139 Å². The van der Waals surface area contributed by atoms with Crippen LogP contribution in [0.1, 0.15) is 27.6 Å². The number of allylic oxidation sites excluding steroid dienone is 2. The minimum absolute atomic E-state index is 0.458. The molecule has 0 radical (unpaired) electrons. The summed E-state index contributed by atoms with van der Waals surface area (Å²) in [6, 6.07) is 4.07. The summed E-state index contributed by atoms with van der Waals surface area (Å²) in [7, 11) is 0. The first kappa shape index (κ1) is 20.0. The first-order valence-corrected chi connectivity index (χ1v) is 6.69. The van der Waals surface area contributed by atoms with Gasteiger partial charge in [-0.1, -0.05) is 24.3 Å². The van der Waals surface area contributed by atoms with Crippen molar-refractivity contribution in [2.45, 2.75) is 30.9 Å². The summed E-state index contributed by atoms with van der Waals surface area (Å²) in [5.41, 5.74) is -4.99. The summed E-state index contributed by atoms with van der Waals surface area (Å²) in [6.45, 7) is 0.473. The predicted octanol–water partition coefficient (Wildman–Crippen LogP) is 4.85. The highest BCUT2D eigenvalue weighted by atomic mass is 19.4. The van der Waals surface area contributed by atoms with Crippen LogP contribution in [0.4, 0.5) is 39.5 Å². The predicted molar refractivity (Wildman–Crippen MR) is 68.7 cm³/mol. The van der Waals surface area contributed by atoms with Gasteiger partial charge in [-0.25, -0.2) is 0 Å². The molecule has 0 spiro atoms. The summed E-state index contributed by atoms with van der Waals surface area (Å²) in [6.07, 6.45) is -7.02. The van der Waals surface area contributed by atoms with E-state index in [1.165, 1.54) is 6.07 Å². The Hall–Kier alpha value is -2.33. The van der Waals surface area contributed by atoms with Crippen molar-refractivity contribution in [3.63, 3.8) is 0 Å². The SMILES string of the molecule is CC1=C(C(F)(F)C(F)(F)C(F)(F)C(F)(F)F)C(=O)c2ccccc2C1=O. The molecule has 0 saturated heterocycles. The molecule has 0 bridgehead atoms. The molecule has 2 rings (SSSR count). The third-order valence-electron chi connectivity index (χ3n) is 3.82. The zero-order valence-electron chi connectivity index (χ0n) is 12.5. The minimum Gasteiger partial charge on any atom is -0.289 e. The van der Waals surface area contributed by atoms with Crippen molar-refractivity contribution in [2.75, 3.05) is 0 Å². The fourth-order valence-electron chi connectivity index (χ4n) is 2.41. The zero-order chi connectivity index (χ0) is 20.3. The molecule has 0 unspecified atom stereocenters. The van der Waals surface area contributed by atoms with Crippen LogP contribution in [0.3, 0.4) is 0 Å². The maximum Gasteiger partial charge on any atom is 0.460 e. The maximum atomic E-state index is 14.1. The minimum atomic E-state index is -7.16. The number of halogens is 9. The van der Waals surface area contributed by atoms with Crippen LogP contribution in [0, 0.1) is 0 Å². The molecule has 0 aromatic heterocycles. The summed E-state index contributed by atoms with van der Waals surface area (Å²) in [5.74, 6) is -23.7. The Balaban J connectivity index is 2.71. The normalized spacial score (nSPS) is 16.8. The van der Waals surface area contributed by atoms with E-state index in [0.717, 1.165) is 18.2 Å².